The zero-order chi connectivity index (χ0) is 13.8. The van der Waals surface area contributed by atoms with Gasteiger partial charge in [-0.3, -0.25) is 0 Å². The number of rotatable bonds is 3. The maximum absolute atomic E-state index is 8.85. The van der Waals surface area contributed by atoms with Crippen LogP contribution in [0, 0.1) is 18.3 Å². The fraction of sp³-hybridized carbons (Fsp3) is 0.214. The Morgan fingerprint density at radius 3 is 2.53 bits per heavy atom. The van der Waals surface area contributed by atoms with Crippen molar-refractivity contribution in [1.82, 2.24) is 9.97 Å². The van der Waals surface area contributed by atoms with E-state index in [9.17, 15) is 0 Å². The van der Waals surface area contributed by atoms with E-state index in [0.29, 0.717) is 11.4 Å². The zero-order valence-corrected chi connectivity index (χ0v) is 11.0. The van der Waals surface area contributed by atoms with Gasteiger partial charge in [0.1, 0.15) is 17.6 Å². The first-order valence-electron chi connectivity index (χ1n) is 5.65. The van der Waals surface area contributed by atoms with Crippen LogP contribution in [-0.4, -0.2) is 24.2 Å². The highest BCUT2D eigenvalue weighted by molar-refractivity contribution is 5.70. The summed E-state index contributed by atoms with van der Waals surface area (Å²) in [6, 6.07) is 7.37. The molecule has 1 aromatic heterocycles. The molecule has 0 saturated carbocycles. The Morgan fingerprint density at radius 2 is 1.89 bits per heavy atom. The van der Waals surface area contributed by atoms with E-state index in [4.69, 9.17) is 14.7 Å². The fourth-order valence-corrected chi connectivity index (χ4v) is 1.81. The molecule has 0 aliphatic carbocycles. The molecule has 2 aromatic rings. The lowest BCUT2D eigenvalue weighted by Crippen LogP contribution is -1.96. The molecule has 0 amide bonds. The van der Waals surface area contributed by atoms with Gasteiger partial charge in [-0.2, -0.15) is 5.26 Å². The van der Waals surface area contributed by atoms with Gasteiger partial charge in [0.05, 0.1) is 19.9 Å². The minimum absolute atomic E-state index is 0.124. The van der Waals surface area contributed by atoms with E-state index in [1.54, 1.807) is 26.5 Å². The number of aromatic nitrogens is 2. The summed E-state index contributed by atoms with van der Waals surface area (Å²) in [5, 5.41) is 8.85. The predicted octanol–water partition coefficient (Wildman–Crippen LogP) is 2.34. The smallest absolute Gasteiger partial charge is 0.232 e. The van der Waals surface area contributed by atoms with Gasteiger partial charge in [0.15, 0.2) is 0 Å². The van der Waals surface area contributed by atoms with Gasteiger partial charge >= 0.3 is 0 Å². The summed E-state index contributed by atoms with van der Waals surface area (Å²) in [6.45, 7) is 1.94. The second kappa shape index (κ2) is 5.36. The van der Waals surface area contributed by atoms with E-state index < -0.39 is 0 Å². The number of hydrogen-bond donors (Lipinski definition) is 0. The average Bonchev–Trinajstić information content (AvgIpc) is 2.46. The van der Waals surface area contributed by atoms with Crippen LogP contribution in [0.5, 0.6) is 11.5 Å². The maximum Gasteiger partial charge on any atom is 0.232 e. The van der Waals surface area contributed by atoms with Crippen LogP contribution in [0.25, 0.3) is 11.3 Å². The molecule has 0 aliphatic rings. The third-order valence-electron chi connectivity index (χ3n) is 2.75. The number of benzene rings is 1. The van der Waals surface area contributed by atoms with E-state index in [0.717, 1.165) is 16.9 Å². The van der Waals surface area contributed by atoms with Crippen molar-refractivity contribution in [3.05, 3.63) is 35.8 Å². The molecule has 0 unspecified atom stereocenters. The highest BCUT2D eigenvalue weighted by Crippen LogP contribution is 2.34. The topological polar surface area (TPSA) is 68.0 Å². The Kier molecular flexibility index (Phi) is 3.62. The number of aryl methyl sites for hydroxylation is 1. The third kappa shape index (κ3) is 2.47. The molecule has 96 valence electrons. The quantitative estimate of drug-likeness (QED) is 0.842. The standard InChI is InChI=1S/C14H13N3O2/c1-9-6-13(19-3)10(7-12(9)18-2)11-4-5-16-14(8-15)17-11/h4-7H,1-3H3. The van der Waals surface area contributed by atoms with Crippen LogP contribution in [0.15, 0.2) is 24.4 Å². The fourth-order valence-electron chi connectivity index (χ4n) is 1.81. The van der Waals surface area contributed by atoms with Crippen LogP contribution >= 0.6 is 0 Å². The minimum Gasteiger partial charge on any atom is -0.496 e. The molecule has 5 heteroatoms. The van der Waals surface area contributed by atoms with Crippen molar-refractivity contribution in [2.75, 3.05) is 14.2 Å². The molecule has 0 aliphatic heterocycles. The van der Waals surface area contributed by atoms with Crippen molar-refractivity contribution in [3.63, 3.8) is 0 Å². The van der Waals surface area contributed by atoms with Gasteiger partial charge in [-0.15, -0.1) is 0 Å². The average molecular weight is 255 g/mol. The minimum atomic E-state index is 0.124. The van der Waals surface area contributed by atoms with Crippen LogP contribution in [0.4, 0.5) is 0 Å². The van der Waals surface area contributed by atoms with E-state index in [1.807, 2.05) is 25.1 Å². The Balaban J connectivity index is 2.63. The summed E-state index contributed by atoms with van der Waals surface area (Å²) in [5.41, 5.74) is 2.36. The molecule has 19 heavy (non-hydrogen) atoms. The van der Waals surface area contributed by atoms with Crippen molar-refractivity contribution in [1.29, 1.82) is 5.26 Å². The Morgan fingerprint density at radius 1 is 1.16 bits per heavy atom. The first-order valence-corrected chi connectivity index (χ1v) is 5.65. The lowest BCUT2D eigenvalue weighted by atomic mass is 10.1. The summed E-state index contributed by atoms with van der Waals surface area (Å²) in [5.74, 6) is 1.55. The molecule has 0 spiro atoms. The van der Waals surface area contributed by atoms with Gasteiger partial charge in [0.25, 0.3) is 0 Å². The van der Waals surface area contributed by atoms with Crippen molar-refractivity contribution < 1.29 is 9.47 Å². The van der Waals surface area contributed by atoms with Crippen molar-refractivity contribution in [3.8, 4) is 28.8 Å². The summed E-state index contributed by atoms with van der Waals surface area (Å²) in [4.78, 5) is 8.02. The first-order chi connectivity index (χ1) is 9.19. The number of nitriles is 1. The molecule has 1 aromatic carbocycles. The van der Waals surface area contributed by atoms with E-state index >= 15 is 0 Å². The van der Waals surface area contributed by atoms with Crippen LogP contribution in [0.1, 0.15) is 11.4 Å². The molecule has 0 fully saturated rings. The molecule has 0 atom stereocenters. The first kappa shape index (κ1) is 12.8. The second-order valence-corrected chi connectivity index (χ2v) is 3.90. The largest absolute Gasteiger partial charge is 0.496 e. The van der Waals surface area contributed by atoms with Crippen LogP contribution in [-0.2, 0) is 0 Å². The van der Waals surface area contributed by atoms with Gasteiger partial charge in [-0.25, -0.2) is 9.97 Å². The summed E-state index contributed by atoms with van der Waals surface area (Å²) >= 11 is 0. The summed E-state index contributed by atoms with van der Waals surface area (Å²) in [7, 11) is 3.20. The summed E-state index contributed by atoms with van der Waals surface area (Å²) < 4.78 is 10.7. The summed E-state index contributed by atoms with van der Waals surface area (Å²) in [6.07, 6.45) is 1.55. The monoisotopic (exact) mass is 255 g/mol. The molecule has 1 heterocycles. The molecule has 0 saturated heterocycles. The molecule has 0 N–H and O–H groups in total. The lowest BCUT2D eigenvalue weighted by molar-refractivity contribution is 0.401. The van der Waals surface area contributed by atoms with E-state index in [1.165, 1.54) is 0 Å². The highest BCUT2D eigenvalue weighted by atomic mass is 16.5. The van der Waals surface area contributed by atoms with Crippen molar-refractivity contribution >= 4 is 0 Å². The third-order valence-corrected chi connectivity index (χ3v) is 2.75. The zero-order valence-electron chi connectivity index (χ0n) is 11.0. The van der Waals surface area contributed by atoms with E-state index in [2.05, 4.69) is 9.97 Å². The van der Waals surface area contributed by atoms with Gasteiger partial charge in [0, 0.05) is 11.8 Å². The number of hydrogen-bond acceptors (Lipinski definition) is 5. The molecule has 2 rings (SSSR count). The van der Waals surface area contributed by atoms with Gasteiger partial charge in [-0.1, -0.05) is 0 Å². The molecule has 5 nitrogen and oxygen atoms in total. The molecule has 0 radical (unpaired) electrons. The molecular formula is C14H13N3O2. The maximum atomic E-state index is 8.85. The normalized spacial score (nSPS) is 9.79. The Labute approximate surface area is 111 Å². The number of nitrogens with zero attached hydrogens (tertiary/aromatic N) is 3. The van der Waals surface area contributed by atoms with Gasteiger partial charge < -0.3 is 9.47 Å². The Hall–Kier alpha value is -2.61. The van der Waals surface area contributed by atoms with Gasteiger partial charge in [-0.05, 0) is 30.7 Å². The van der Waals surface area contributed by atoms with Crippen molar-refractivity contribution in [2.45, 2.75) is 6.92 Å². The number of methoxy groups -OCH3 is 2. The molecular weight excluding hydrogens is 242 g/mol. The predicted molar refractivity (Wildman–Crippen MR) is 70.0 cm³/mol. The van der Waals surface area contributed by atoms with Gasteiger partial charge in [0.2, 0.25) is 5.82 Å². The second-order valence-electron chi connectivity index (χ2n) is 3.90. The molecule has 0 bridgehead atoms. The number of ether oxygens (including phenoxy) is 2. The van der Waals surface area contributed by atoms with Crippen molar-refractivity contribution in [2.24, 2.45) is 0 Å². The Bertz CT molecular complexity index is 648. The van der Waals surface area contributed by atoms with Crippen LogP contribution in [0.2, 0.25) is 0 Å². The van der Waals surface area contributed by atoms with Crippen LogP contribution in [0.3, 0.4) is 0 Å². The SMILES string of the molecule is COc1cc(-c2ccnc(C#N)n2)c(OC)cc1C. The lowest BCUT2D eigenvalue weighted by Gasteiger charge is -2.12. The highest BCUT2D eigenvalue weighted by Gasteiger charge is 2.12. The van der Waals surface area contributed by atoms with Crippen LogP contribution < -0.4 is 9.47 Å². The van der Waals surface area contributed by atoms with E-state index in [-0.39, 0.29) is 5.82 Å².